The molecule has 0 aliphatic carbocycles. The summed E-state index contributed by atoms with van der Waals surface area (Å²) in [5.74, 6) is -0.702. The molecule has 2 unspecified atom stereocenters. The van der Waals surface area contributed by atoms with Crippen LogP contribution in [0.25, 0.3) is 0 Å². The van der Waals surface area contributed by atoms with E-state index < -0.39 is 17.7 Å². The van der Waals surface area contributed by atoms with Gasteiger partial charge >= 0.3 is 0 Å². The van der Waals surface area contributed by atoms with Gasteiger partial charge in [0, 0.05) is 11.6 Å². The van der Waals surface area contributed by atoms with Crippen LogP contribution in [0.5, 0.6) is 0 Å². The van der Waals surface area contributed by atoms with E-state index in [4.69, 9.17) is 5.73 Å². The van der Waals surface area contributed by atoms with Gasteiger partial charge in [0.25, 0.3) is 0 Å². The Labute approximate surface area is 95.7 Å². The van der Waals surface area contributed by atoms with Crippen molar-refractivity contribution in [2.24, 2.45) is 11.7 Å². The zero-order valence-corrected chi connectivity index (χ0v) is 9.84. The fraction of sp³-hybridized carbons (Fsp3) is 0.538. The van der Waals surface area contributed by atoms with Gasteiger partial charge in [-0.1, -0.05) is 32.8 Å². The zero-order chi connectivity index (χ0) is 12.1. The van der Waals surface area contributed by atoms with Crippen molar-refractivity contribution in [2.45, 2.75) is 39.2 Å². The van der Waals surface area contributed by atoms with Crippen molar-refractivity contribution in [3.05, 3.63) is 35.4 Å². The van der Waals surface area contributed by atoms with Crippen LogP contribution in [0.4, 0.5) is 8.78 Å². The predicted octanol–water partition coefficient (Wildman–Crippen LogP) is 3.79. The van der Waals surface area contributed by atoms with Gasteiger partial charge in [0.1, 0.15) is 11.6 Å². The van der Waals surface area contributed by atoms with Crippen LogP contribution < -0.4 is 5.73 Å². The summed E-state index contributed by atoms with van der Waals surface area (Å²) in [7, 11) is 0. The summed E-state index contributed by atoms with van der Waals surface area (Å²) >= 11 is 0. The molecule has 1 nitrogen and oxygen atoms in total. The Morgan fingerprint density at radius 2 is 1.81 bits per heavy atom. The second kappa shape index (κ2) is 5.94. The molecular formula is C13H19F2N. The lowest BCUT2D eigenvalue weighted by atomic mass is 9.93. The van der Waals surface area contributed by atoms with Gasteiger partial charge in [-0.3, -0.25) is 0 Å². The molecule has 0 bridgehead atoms. The lowest BCUT2D eigenvalue weighted by Gasteiger charge is -2.18. The lowest BCUT2D eigenvalue weighted by Crippen LogP contribution is -2.17. The largest absolute Gasteiger partial charge is 0.324 e. The van der Waals surface area contributed by atoms with E-state index in [9.17, 15) is 8.78 Å². The van der Waals surface area contributed by atoms with Gasteiger partial charge < -0.3 is 5.73 Å². The van der Waals surface area contributed by atoms with Crippen LogP contribution in [-0.4, -0.2) is 0 Å². The number of benzene rings is 1. The van der Waals surface area contributed by atoms with Crippen molar-refractivity contribution in [2.75, 3.05) is 0 Å². The first-order valence-electron chi connectivity index (χ1n) is 5.75. The fourth-order valence-corrected chi connectivity index (χ4v) is 2.03. The highest BCUT2D eigenvalue weighted by molar-refractivity contribution is 5.22. The van der Waals surface area contributed by atoms with Crippen LogP contribution in [0.3, 0.4) is 0 Å². The Morgan fingerprint density at radius 3 is 2.31 bits per heavy atom. The van der Waals surface area contributed by atoms with Gasteiger partial charge in [0.15, 0.2) is 0 Å². The summed E-state index contributed by atoms with van der Waals surface area (Å²) in [5, 5.41) is 0. The van der Waals surface area contributed by atoms with Crippen molar-refractivity contribution < 1.29 is 8.78 Å². The first-order chi connectivity index (χ1) is 7.56. The highest BCUT2D eigenvalue weighted by Gasteiger charge is 2.18. The quantitative estimate of drug-likeness (QED) is 0.813. The number of hydrogen-bond acceptors (Lipinski definition) is 1. The molecule has 90 valence electrons. The summed E-state index contributed by atoms with van der Waals surface area (Å²) in [6.45, 7) is 4.15. The topological polar surface area (TPSA) is 26.0 Å². The molecule has 2 N–H and O–H groups in total. The molecule has 16 heavy (non-hydrogen) atoms. The lowest BCUT2D eigenvalue weighted by molar-refractivity contribution is 0.419. The molecule has 0 fully saturated rings. The summed E-state index contributed by atoms with van der Waals surface area (Å²) in [4.78, 5) is 0. The fourth-order valence-electron chi connectivity index (χ4n) is 2.03. The van der Waals surface area contributed by atoms with Crippen molar-refractivity contribution in [1.82, 2.24) is 0 Å². The molecular weight excluding hydrogens is 208 g/mol. The molecule has 0 aliphatic heterocycles. The first-order valence-corrected chi connectivity index (χ1v) is 5.75. The Hall–Kier alpha value is -0.960. The molecule has 0 amide bonds. The molecule has 1 rings (SSSR count). The third kappa shape index (κ3) is 3.27. The van der Waals surface area contributed by atoms with Crippen molar-refractivity contribution in [3.63, 3.8) is 0 Å². The van der Waals surface area contributed by atoms with E-state index in [1.54, 1.807) is 0 Å². The maximum Gasteiger partial charge on any atom is 0.130 e. The van der Waals surface area contributed by atoms with Gasteiger partial charge in [-0.25, -0.2) is 8.78 Å². The Bertz CT molecular complexity index is 318. The Morgan fingerprint density at radius 1 is 1.25 bits per heavy atom. The molecule has 0 saturated carbocycles. The molecule has 1 aromatic rings. The minimum absolute atomic E-state index is 0.0189. The van der Waals surface area contributed by atoms with Gasteiger partial charge in [0.05, 0.1) is 0 Å². The summed E-state index contributed by atoms with van der Waals surface area (Å²) in [5.41, 5.74) is 5.87. The minimum atomic E-state index is -0.553. The van der Waals surface area contributed by atoms with E-state index in [-0.39, 0.29) is 5.56 Å². The van der Waals surface area contributed by atoms with E-state index >= 15 is 0 Å². The first kappa shape index (κ1) is 13.1. The van der Waals surface area contributed by atoms with Gasteiger partial charge in [0.2, 0.25) is 0 Å². The summed E-state index contributed by atoms with van der Waals surface area (Å²) in [6.07, 6.45) is 2.71. The molecule has 1 aromatic carbocycles. The monoisotopic (exact) mass is 227 g/mol. The van der Waals surface area contributed by atoms with Crippen LogP contribution in [0.2, 0.25) is 0 Å². The number of halogens is 2. The third-order valence-corrected chi connectivity index (χ3v) is 2.81. The average Bonchev–Trinajstić information content (AvgIpc) is 2.17. The van der Waals surface area contributed by atoms with E-state index in [0.29, 0.717) is 12.3 Å². The summed E-state index contributed by atoms with van der Waals surface area (Å²) < 4.78 is 26.8. The maximum atomic E-state index is 13.4. The van der Waals surface area contributed by atoms with Crippen molar-refractivity contribution in [3.8, 4) is 0 Å². The SMILES string of the molecule is CCCC(C)CC(N)c1c(F)cccc1F. The zero-order valence-electron chi connectivity index (χ0n) is 9.84. The molecule has 0 heterocycles. The summed E-state index contributed by atoms with van der Waals surface area (Å²) in [6, 6.07) is 3.31. The number of hydrogen-bond donors (Lipinski definition) is 1. The van der Waals surface area contributed by atoms with Crippen LogP contribution in [-0.2, 0) is 0 Å². The van der Waals surface area contributed by atoms with Crippen LogP contribution in [0.15, 0.2) is 18.2 Å². The third-order valence-electron chi connectivity index (χ3n) is 2.81. The second-order valence-electron chi connectivity index (χ2n) is 4.37. The molecule has 2 atom stereocenters. The maximum absolute atomic E-state index is 13.4. The minimum Gasteiger partial charge on any atom is -0.324 e. The van der Waals surface area contributed by atoms with Crippen LogP contribution >= 0.6 is 0 Å². The van der Waals surface area contributed by atoms with Gasteiger partial charge in [-0.2, -0.15) is 0 Å². The molecule has 0 aromatic heterocycles. The number of rotatable bonds is 5. The second-order valence-corrected chi connectivity index (χ2v) is 4.37. The highest BCUT2D eigenvalue weighted by atomic mass is 19.1. The van der Waals surface area contributed by atoms with E-state index in [2.05, 4.69) is 13.8 Å². The van der Waals surface area contributed by atoms with E-state index in [0.717, 1.165) is 12.8 Å². The predicted molar refractivity (Wildman–Crippen MR) is 62.0 cm³/mol. The Balaban J connectivity index is 2.76. The molecule has 3 heteroatoms. The van der Waals surface area contributed by atoms with Crippen LogP contribution in [0.1, 0.15) is 44.7 Å². The van der Waals surface area contributed by atoms with Crippen molar-refractivity contribution in [1.29, 1.82) is 0 Å². The molecule has 0 aliphatic rings. The smallest absolute Gasteiger partial charge is 0.130 e. The normalized spacial score (nSPS) is 14.8. The molecule has 0 saturated heterocycles. The number of nitrogens with two attached hydrogens (primary N) is 1. The van der Waals surface area contributed by atoms with E-state index in [1.807, 2.05) is 0 Å². The van der Waals surface area contributed by atoms with Crippen molar-refractivity contribution >= 4 is 0 Å². The molecule has 0 radical (unpaired) electrons. The average molecular weight is 227 g/mol. The van der Waals surface area contributed by atoms with Gasteiger partial charge in [-0.15, -0.1) is 0 Å². The standard InChI is InChI=1S/C13H19F2N/c1-3-5-9(2)8-12(16)13-10(14)6-4-7-11(13)15/h4,6-7,9,12H,3,5,8,16H2,1-2H3. The van der Waals surface area contributed by atoms with Gasteiger partial charge in [-0.05, 0) is 24.5 Å². The van der Waals surface area contributed by atoms with E-state index in [1.165, 1.54) is 18.2 Å². The molecule has 0 spiro atoms. The Kier molecular flexibility index (Phi) is 4.87. The highest BCUT2D eigenvalue weighted by Crippen LogP contribution is 2.25. The van der Waals surface area contributed by atoms with Crippen LogP contribution in [0, 0.1) is 17.6 Å².